The zero-order chi connectivity index (χ0) is 19.1. The molecule has 3 atom stereocenters. The summed E-state index contributed by atoms with van der Waals surface area (Å²) >= 11 is 6.24. The van der Waals surface area contributed by atoms with E-state index in [1.165, 1.54) is 11.1 Å². The molecule has 1 amide bonds. The Morgan fingerprint density at radius 2 is 2.00 bits per heavy atom. The Balaban J connectivity index is 1.48. The molecular weight excluding hydrogens is 372 g/mol. The van der Waals surface area contributed by atoms with Gasteiger partial charge in [0.2, 0.25) is 0 Å². The maximum atomic E-state index is 12.9. The summed E-state index contributed by atoms with van der Waals surface area (Å²) in [5.41, 5.74) is 4.31. The second kappa shape index (κ2) is 7.26. The second-order valence-corrected chi connectivity index (χ2v) is 8.17. The first kappa shape index (κ1) is 17.8. The molecule has 1 saturated heterocycles. The van der Waals surface area contributed by atoms with E-state index in [0.29, 0.717) is 38.1 Å². The number of benzene rings is 2. The molecule has 2 aromatic carbocycles. The van der Waals surface area contributed by atoms with E-state index in [1.807, 2.05) is 23.1 Å². The third-order valence-corrected chi connectivity index (χ3v) is 6.35. The first-order valence-electron chi connectivity index (χ1n) is 9.90. The maximum Gasteiger partial charge on any atom is 0.254 e. The number of carbonyl (C=O) groups is 1. The summed E-state index contributed by atoms with van der Waals surface area (Å²) in [5.74, 6) is 0.846. The Bertz CT molecular complexity index is 936. The molecule has 0 aromatic heterocycles. The number of allylic oxidation sites excluding steroid dienone is 2. The number of ether oxygens (including phenoxy) is 1. The van der Waals surface area contributed by atoms with Crippen LogP contribution in [0.25, 0.3) is 0 Å². The van der Waals surface area contributed by atoms with Gasteiger partial charge in [-0.2, -0.15) is 0 Å². The minimum absolute atomic E-state index is 0.0987. The normalized spacial score (nSPS) is 25.8. The summed E-state index contributed by atoms with van der Waals surface area (Å²) in [6.45, 7) is 2.56. The Morgan fingerprint density at radius 3 is 2.82 bits per heavy atom. The number of hydrogen-bond acceptors (Lipinski definition) is 3. The lowest BCUT2D eigenvalue weighted by atomic mass is 9.76. The molecule has 2 aromatic rings. The molecule has 5 rings (SSSR count). The summed E-state index contributed by atoms with van der Waals surface area (Å²) in [5, 5.41) is 4.48. The minimum Gasteiger partial charge on any atom is -0.378 e. The maximum absolute atomic E-state index is 12.9. The molecule has 5 heteroatoms. The molecule has 0 radical (unpaired) electrons. The summed E-state index contributed by atoms with van der Waals surface area (Å²) in [4.78, 5) is 14.8. The van der Waals surface area contributed by atoms with E-state index in [-0.39, 0.29) is 11.9 Å². The fourth-order valence-corrected chi connectivity index (χ4v) is 4.91. The molecule has 1 aliphatic carbocycles. The predicted molar refractivity (Wildman–Crippen MR) is 111 cm³/mol. The van der Waals surface area contributed by atoms with Crippen LogP contribution in [-0.2, 0) is 4.74 Å². The molecule has 3 aliphatic rings. The van der Waals surface area contributed by atoms with Crippen LogP contribution in [0.3, 0.4) is 0 Å². The van der Waals surface area contributed by atoms with E-state index < -0.39 is 0 Å². The van der Waals surface area contributed by atoms with Crippen LogP contribution in [0.4, 0.5) is 5.69 Å². The highest BCUT2D eigenvalue weighted by Crippen LogP contribution is 2.50. The van der Waals surface area contributed by atoms with E-state index in [9.17, 15) is 4.79 Å². The molecule has 1 fully saturated rings. The predicted octanol–water partition coefficient (Wildman–Crippen LogP) is 4.64. The van der Waals surface area contributed by atoms with Crippen LogP contribution in [0.1, 0.15) is 39.9 Å². The van der Waals surface area contributed by atoms with Crippen molar-refractivity contribution in [2.24, 2.45) is 5.92 Å². The molecule has 2 heterocycles. The van der Waals surface area contributed by atoms with Crippen LogP contribution in [0.2, 0.25) is 5.02 Å². The van der Waals surface area contributed by atoms with Crippen LogP contribution in [0.5, 0.6) is 0 Å². The monoisotopic (exact) mass is 394 g/mol. The van der Waals surface area contributed by atoms with Gasteiger partial charge in [-0.05, 0) is 53.8 Å². The van der Waals surface area contributed by atoms with Crippen LogP contribution in [0.15, 0.2) is 54.6 Å². The van der Waals surface area contributed by atoms with Gasteiger partial charge in [0.25, 0.3) is 5.91 Å². The highest BCUT2D eigenvalue weighted by Gasteiger charge is 2.38. The zero-order valence-electron chi connectivity index (χ0n) is 15.6. The lowest BCUT2D eigenvalue weighted by molar-refractivity contribution is 0.0303. The average molecular weight is 395 g/mol. The van der Waals surface area contributed by atoms with Crippen molar-refractivity contribution < 1.29 is 9.53 Å². The summed E-state index contributed by atoms with van der Waals surface area (Å²) in [6.07, 6.45) is 5.58. The SMILES string of the molecule is O=C(c1ccc2c(c1)C1C=CCC1C(c1cccc(Cl)c1)N2)N1CCOCC1. The van der Waals surface area contributed by atoms with Gasteiger partial charge in [-0.3, -0.25) is 4.79 Å². The minimum atomic E-state index is 0.0987. The number of amides is 1. The van der Waals surface area contributed by atoms with Crippen LogP contribution < -0.4 is 5.32 Å². The Morgan fingerprint density at radius 1 is 1.14 bits per heavy atom. The summed E-state index contributed by atoms with van der Waals surface area (Å²) in [6, 6.07) is 14.4. The molecule has 1 N–H and O–H groups in total. The standard InChI is InChI=1S/C23H23ClN2O2/c24-17-4-1-3-15(13-17)22-19-6-2-5-18(19)20-14-16(7-8-21(20)25-22)23(27)26-9-11-28-12-10-26/h1-5,7-8,13-14,18-19,22,25H,6,9-12H2. The van der Waals surface area contributed by atoms with Gasteiger partial charge in [-0.15, -0.1) is 0 Å². The van der Waals surface area contributed by atoms with Crippen molar-refractivity contribution in [3.63, 3.8) is 0 Å². The fourth-order valence-electron chi connectivity index (χ4n) is 4.71. The first-order valence-corrected chi connectivity index (χ1v) is 10.3. The van der Waals surface area contributed by atoms with Gasteiger partial charge in [0.15, 0.2) is 0 Å². The zero-order valence-corrected chi connectivity index (χ0v) is 16.4. The largest absolute Gasteiger partial charge is 0.378 e. The lowest BCUT2D eigenvalue weighted by Gasteiger charge is -2.38. The number of carbonyl (C=O) groups excluding carboxylic acids is 1. The Labute approximate surface area is 170 Å². The Hall–Kier alpha value is -2.30. The number of fused-ring (bicyclic) bond motifs is 3. The van der Waals surface area contributed by atoms with E-state index >= 15 is 0 Å². The van der Waals surface area contributed by atoms with Gasteiger partial charge < -0.3 is 15.0 Å². The van der Waals surface area contributed by atoms with Gasteiger partial charge in [-0.1, -0.05) is 35.9 Å². The Kier molecular flexibility index (Phi) is 4.61. The third kappa shape index (κ3) is 3.11. The highest BCUT2D eigenvalue weighted by atomic mass is 35.5. The topological polar surface area (TPSA) is 41.6 Å². The lowest BCUT2D eigenvalue weighted by Crippen LogP contribution is -2.40. The van der Waals surface area contributed by atoms with Gasteiger partial charge >= 0.3 is 0 Å². The number of nitrogens with zero attached hydrogens (tertiary/aromatic N) is 1. The second-order valence-electron chi connectivity index (χ2n) is 7.74. The van der Waals surface area contributed by atoms with E-state index in [0.717, 1.165) is 22.7 Å². The van der Waals surface area contributed by atoms with Crippen molar-refractivity contribution >= 4 is 23.2 Å². The van der Waals surface area contributed by atoms with Crippen molar-refractivity contribution in [1.82, 2.24) is 4.90 Å². The number of hydrogen-bond donors (Lipinski definition) is 1. The molecule has 4 nitrogen and oxygen atoms in total. The fraction of sp³-hybridized carbons (Fsp3) is 0.348. The van der Waals surface area contributed by atoms with Crippen LogP contribution in [0, 0.1) is 5.92 Å². The summed E-state index contributed by atoms with van der Waals surface area (Å²) < 4.78 is 5.37. The molecule has 0 bridgehead atoms. The number of morpholine rings is 1. The van der Waals surface area contributed by atoms with Crippen molar-refractivity contribution in [2.45, 2.75) is 18.4 Å². The molecule has 144 valence electrons. The van der Waals surface area contributed by atoms with E-state index in [4.69, 9.17) is 16.3 Å². The number of anilines is 1. The van der Waals surface area contributed by atoms with Gasteiger partial charge in [-0.25, -0.2) is 0 Å². The highest BCUT2D eigenvalue weighted by molar-refractivity contribution is 6.30. The molecular formula is C23H23ClN2O2. The molecule has 0 saturated carbocycles. The van der Waals surface area contributed by atoms with Gasteiger partial charge in [0.1, 0.15) is 0 Å². The molecule has 0 spiro atoms. The van der Waals surface area contributed by atoms with E-state index in [1.54, 1.807) is 0 Å². The van der Waals surface area contributed by atoms with Crippen molar-refractivity contribution in [3.05, 3.63) is 76.3 Å². The number of nitrogens with one attached hydrogen (secondary N) is 1. The molecule has 28 heavy (non-hydrogen) atoms. The number of rotatable bonds is 2. The average Bonchev–Trinajstić information content (AvgIpc) is 3.23. The van der Waals surface area contributed by atoms with Gasteiger partial charge in [0.05, 0.1) is 19.3 Å². The van der Waals surface area contributed by atoms with Crippen LogP contribution >= 0.6 is 11.6 Å². The first-order chi connectivity index (χ1) is 13.7. The van der Waals surface area contributed by atoms with Gasteiger partial charge in [0, 0.05) is 35.3 Å². The van der Waals surface area contributed by atoms with Crippen molar-refractivity contribution in [3.8, 4) is 0 Å². The van der Waals surface area contributed by atoms with E-state index in [2.05, 4.69) is 41.7 Å². The smallest absolute Gasteiger partial charge is 0.254 e. The third-order valence-electron chi connectivity index (χ3n) is 6.12. The molecule has 2 aliphatic heterocycles. The molecule has 3 unspecified atom stereocenters. The quantitative estimate of drug-likeness (QED) is 0.754. The van der Waals surface area contributed by atoms with Crippen molar-refractivity contribution in [1.29, 1.82) is 0 Å². The van der Waals surface area contributed by atoms with Crippen LogP contribution in [-0.4, -0.2) is 37.1 Å². The number of halogens is 1. The summed E-state index contributed by atoms with van der Waals surface area (Å²) in [7, 11) is 0. The van der Waals surface area contributed by atoms with Crippen molar-refractivity contribution in [2.75, 3.05) is 31.6 Å².